The van der Waals surface area contributed by atoms with Gasteiger partial charge in [-0.1, -0.05) is 43.0 Å². The molecule has 1 heterocycles. The van der Waals surface area contributed by atoms with Gasteiger partial charge in [-0.25, -0.2) is 0 Å². The minimum absolute atomic E-state index is 0.289. The highest BCUT2D eigenvalue weighted by molar-refractivity contribution is 7.11. The first-order chi connectivity index (χ1) is 15.0. The van der Waals surface area contributed by atoms with Crippen LogP contribution in [0.2, 0.25) is 5.02 Å². The topological polar surface area (TPSA) is 71.1 Å². The standard InChI is InChI=1S/C24H24ClN3O2S/c1-15-21(24(31-28-15)27-22(29)18-7-11-19(25)12-8-18)23(30)26-20-13-9-17(10-14-20)16-5-3-2-4-6-16/h7-14,16H,2-6H2,1H3,(H,26,30)(H,27,29). The summed E-state index contributed by atoms with van der Waals surface area (Å²) in [5.41, 5.74) is 3.48. The molecule has 0 aliphatic heterocycles. The number of anilines is 2. The van der Waals surface area contributed by atoms with Crippen molar-refractivity contribution in [3.05, 3.63) is 75.9 Å². The lowest BCUT2D eigenvalue weighted by Gasteiger charge is -2.22. The highest BCUT2D eigenvalue weighted by Gasteiger charge is 2.21. The molecular formula is C24H24ClN3O2S. The summed E-state index contributed by atoms with van der Waals surface area (Å²) >= 11 is 6.98. The number of carbonyl (C=O) groups excluding carboxylic acids is 2. The molecule has 1 aliphatic carbocycles. The zero-order chi connectivity index (χ0) is 21.8. The second-order valence-electron chi connectivity index (χ2n) is 7.84. The van der Waals surface area contributed by atoms with Crippen LogP contribution < -0.4 is 10.6 Å². The molecule has 3 aromatic rings. The Hall–Kier alpha value is -2.70. The van der Waals surface area contributed by atoms with Crippen LogP contribution in [0.4, 0.5) is 10.7 Å². The molecule has 160 valence electrons. The van der Waals surface area contributed by atoms with Crippen molar-refractivity contribution in [3.63, 3.8) is 0 Å². The van der Waals surface area contributed by atoms with Gasteiger partial charge in [0, 0.05) is 16.3 Å². The smallest absolute Gasteiger partial charge is 0.260 e. The van der Waals surface area contributed by atoms with Crippen LogP contribution in [0, 0.1) is 6.92 Å². The maximum atomic E-state index is 13.0. The number of amides is 2. The van der Waals surface area contributed by atoms with Gasteiger partial charge in [0.15, 0.2) is 0 Å². The van der Waals surface area contributed by atoms with Crippen molar-refractivity contribution in [2.75, 3.05) is 10.6 Å². The Balaban J connectivity index is 1.45. The molecule has 2 aromatic carbocycles. The van der Waals surface area contributed by atoms with E-state index in [4.69, 9.17) is 11.6 Å². The molecule has 1 fully saturated rings. The molecule has 2 N–H and O–H groups in total. The van der Waals surface area contributed by atoms with Crippen LogP contribution in [-0.2, 0) is 0 Å². The fourth-order valence-electron chi connectivity index (χ4n) is 3.97. The molecule has 1 aromatic heterocycles. The van der Waals surface area contributed by atoms with Gasteiger partial charge in [0.05, 0.1) is 11.3 Å². The Bertz CT molecular complexity index is 1070. The number of hydrogen-bond acceptors (Lipinski definition) is 4. The third-order valence-electron chi connectivity index (χ3n) is 5.67. The van der Waals surface area contributed by atoms with Crippen LogP contribution in [0.5, 0.6) is 0 Å². The minimum Gasteiger partial charge on any atom is -0.322 e. The monoisotopic (exact) mass is 453 g/mol. The second kappa shape index (κ2) is 9.62. The van der Waals surface area contributed by atoms with E-state index in [1.165, 1.54) is 37.7 Å². The first-order valence-electron chi connectivity index (χ1n) is 10.5. The normalized spacial score (nSPS) is 14.3. The molecule has 1 aliphatic rings. The van der Waals surface area contributed by atoms with Crippen LogP contribution in [-0.4, -0.2) is 16.2 Å². The number of benzene rings is 2. The summed E-state index contributed by atoms with van der Waals surface area (Å²) in [6, 6.07) is 14.7. The fraction of sp³-hybridized carbons (Fsp3) is 0.292. The molecule has 5 nitrogen and oxygen atoms in total. The lowest BCUT2D eigenvalue weighted by Crippen LogP contribution is -2.17. The first-order valence-corrected chi connectivity index (χ1v) is 11.6. The highest BCUT2D eigenvalue weighted by Crippen LogP contribution is 2.33. The summed E-state index contributed by atoms with van der Waals surface area (Å²) in [5, 5.41) is 6.71. The second-order valence-corrected chi connectivity index (χ2v) is 9.05. The van der Waals surface area contributed by atoms with Gasteiger partial charge in [-0.3, -0.25) is 9.59 Å². The van der Waals surface area contributed by atoms with Gasteiger partial charge < -0.3 is 10.6 Å². The molecule has 7 heteroatoms. The SMILES string of the molecule is Cc1nsc(NC(=O)c2ccc(Cl)cc2)c1C(=O)Nc1ccc(C2CCCCC2)cc1. The van der Waals surface area contributed by atoms with Crippen molar-refractivity contribution in [1.82, 2.24) is 4.37 Å². The summed E-state index contributed by atoms with van der Waals surface area (Å²) < 4.78 is 4.26. The van der Waals surface area contributed by atoms with E-state index >= 15 is 0 Å². The van der Waals surface area contributed by atoms with Crippen molar-refractivity contribution in [2.45, 2.75) is 44.9 Å². The van der Waals surface area contributed by atoms with Gasteiger partial charge in [0.1, 0.15) is 5.00 Å². The van der Waals surface area contributed by atoms with Crippen molar-refractivity contribution in [2.24, 2.45) is 0 Å². The Morgan fingerprint density at radius 2 is 1.61 bits per heavy atom. The Labute approximate surface area is 191 Å². The molecule has 2 amide bonds. The average molecular weight is 454 g/mol. The molecule has 0 saturated heterocycles. The molecule has 0 atom stereocenters. The third kappa shape index (κ3) is 5.14. The highest BCUT2D eigenvalue weighted by atomic mass is 35.5. The van der Waals surface area contributed by atoms with E-state index in [0.29, 0.717) is 32.8 Å². The van der Waals surface area contributed by atoms with E-state index in [1.807, 2.05) is 12.1 Å². The summed E-state index contributed by atoms with van der Waals surface area (Å²) in [5.74, 6) is 0.0192. The number of carbonyl (C=O) groups is 2. The third-order valence-corrected chi connectivity index (χ3v) is 6.77. The Morgan fingerprint density at radius 1 is 0.935 bits per heavy atom. The number of halogens is 1. The molecule has 0 spiro atoms. The predicted molar refractivity (Wildman–Crippen MR) is 126 cm³/mol. The summed E-state index contributed by atoms with van der Waals surface area (Å²) in [7, 11) is 0. The van der Waals surface area contributed by atoms with Crippen LogP contribution in [0.15, 0.2) is 48.5 Å². The maximum absolute atomic E-state index is 13.0. The summed E-state index contributed by atoms with van der Waals surface area (Å²) in [6.45, 7) is 1.76. The molecule has 0 bridgehead atoms. The fourth-order valence-corrected chi connectivity index (χ4v) is 4.88. The van der Waals surface area contributed by atoms with Crippen LogP contribution in [0.1, 0.15) is 70.0 Å². The average Bonchev–Trinajstić information content (AvgIpc) is 3.15. The lowest BCUT2D eigenvalue weighted by molar-refractivity contribution is 0.102. The molecule has 31 heavy (non-hydrogen) atoms. The molecule has 1 saturated carbocycles. The Kier molecular flexibility index (Phi) is 6.68. The van der Waals surface area contributed by atoms with Crippen molar-refractivity contribution >= 4 is 45.6 Å². The van der Waals surface area contributed by atoms with Crippen molar-refractivity contribution in [3.8, 4) is 0 Å². The maximum Gasteiger partial charge on any atom is 0.260 e. The molecular weight excluding hydrogens is 430 g/mol. The van der Waals surface area contributed by atoms with E-state index in [-0.39, 0.29) is 11.8 Å². The lowest BCUT2D eigenvalue weighted by atomic mass is 9.84. The number of nitrogens with zero attached hydrogens (tertiary/aromatic N) is 1. The zero-order valence-electron chi connectivity index (χ0n) is 17.3. The van der Waals surface area contributed by atoms with Crippen LogP contribution in [0.25, 0.3) is 0 Å². The molecule has 4 rings (SSSR count). The first kappa shape index (κ1) is 21.5. The number of nitrogens with one attached hydrogen (secondary N) is 2. The van der Waals surface area contributed by atoms with E-state index < -0.39 is 0 Å². The van der Waals surface area contributed by atoms with Crippen molar-refractivity contribution in [1.29, 1.82) is 0 Å². The van der Waals surface area contributed by atoms with Gasteiger partial charge in [-0.2, -0.15) is 4.37 Å². The summed E-state index contributed by atoms with van der Waals surface area (Å²) in [4.78, 5) is 25.5. The van der Waals surface area contributed by atoms with Gasteiger partial charge >= 0.3 is 0 Å². The minimum atomic E-state index is -0.314. The molecule has 0 radical (unpaired) electrons. The van der Waals surface area contributed by atoms with Crippen molar-refractivity contribution < 1.29 is 9.59 Å². The van der Waals surface area contributed by atoms with Gasteiger partial charge in [0.2, 0.25) is 0 Å². The zero-order valence-corrected chi connectivity index (χ0v) is 18.9. The quantitative estimate of drug-likeness (QED) is 0.453. The van der Waals surface area contributed by atoms with E-state index in [2.05, 4.69) is 27.1 Å². The van der Waals surface area contributed by atoms with E-state index in [1.54, 1.807) is 31.2 Å². The van der Waals surface area contributed by atoms with Gasteiger partial charge in [-0.15, -0.1) is 0 Å². The van der Waals surface area contributed by atoms with E-state index in [9.17, 15) is 9.59 Å². The number of aryl methyl sites for hydroxylation is 1. The van der Waals surface area contributed by atoms with Gasteiger partial charge in [-0.05, 0) is 79.2 Å². The largest absolute Gasteiger partial charge is 0.322 e. The Morgan fingerprint density at radius 3 is 2.29 bits per heavy atom. The summed E-state index contributed by atoms with van der Waals surface area (Å²) in [6.07, 6.45) is 6.38. The van der Waals surface area contributed by atoms with Crippen LogP contribution in [0.3, 0.4) is 0 Å². The number of aromatic nitrogens is 1. The van der Waals surface area contributed by atoms with E-state index in [0.717, 1.165) is 17.2 Å². The number of hydrogen-bond donors (Lipinski definition) is 2. The number of rotatable bonds is 5. The molecule has 0 unspecified atom stereocenters. The van der Waals surface area contributed by atoms with Crippen LogP contribution >= 0.6 is 23.1 Å². The predicted octanol–water partition coefficient (Wildman–Crippen LogP) is 6.66. The van der Waals surface area contributed by atoms with Gasteiger partial charge in [0.25, 0.3) is 11.8 Å².